The van der Waals surface area contributed by atoms with E-state index in [-0.39, 0.29) is 22.8 Å². The third-order valence-corrected chi connectivity index (χ3v) is 9.10. The van der Waals surface area contributed by atoms with Crippen LogP contribution in [0, 0.1) is 0 Å². The van der Waals surface area contributed by atoms with Gasteiger partial charge in [0.25, 0.3) is 5.56 Å². The molecule has 0 bridgehead atoms. The molecule has 2 aromatic rings. The summed E-state index contributed by atoms with van der Waals surface area (Å²) >= 11 is 4.08. The molecule has 180 valence electrons. The van der Waals surface area contributed by atoms with E-state index in [4.69, 9.17) is 4.98 Å². The monoisotopic (exact) mass is 517 g/mol. The molecular weight excluding hydrogens is 490 g/mol. The lowest BCUT2D eigenvalue weighted by Gasteiger charge is -2.18. The van der Waals surface area contributed by atoms with Gasteiger partial charge in [-0.1, -0.05) is 24.4 Å². The summed E-state index contributed by atoms with van der Waals surface area (Å²) in [5, 5.41) is 13.9. The standard InChI is InChI=1S/C24H27N3O4S3/c1-3-11-27-22(29)19-15-9-4-5-10-16(15)34-21(19)26-24(27)33-13-17(28)25-20-18(23(30)31)14(2)8-6-7-12-32-20/h3H,1-2,4-13H2,(H,25,28)(H,30,31)/b20-18+. The van der Waals surface area contributed by atoms with Gasteiger partial charge in [-0.25, -0.2) is 9.78 Å². The average Bonchev–Trinajstić information content (AvgIpc) is 3.16. The van der Waals surface area contributed by atoms with E-state index in [0.29, 0.717) is 34.1 Å². The molecule has 1 aliphatic carbocycles. The first-order valence-corrected chi connectivity index (χ1v) is 14.1. The minimum atomic E-state index is -1.09. The molecule has 0 saturated heterocycles. The van der Waals surface area contributed by atoms with Gasteiger partial charge in [0.1, 0.15) is 4.83 Å². The van der Waals surface area contributed by atoms with Crippen molar-refractivity contribution in [3.63, 3.8) is 0 Å². The molecule has 3 heterocycles. The Hall–Kier alpha value is -2.30. The Morgan fingerprint density at radius 3 is 2.74 bits per heavy atom. The topological polar surface area (TPSA) is 101 Å². The number of thiophene rings is 1. The average molecular weight is 518 g/mol. The van der Waals surface area contributed by atoms with Crippen molar-refractivity contribution < 1.29 is 14.7 Å². The summed E-state index contributed by atoms with van der Waals surface area (Å²) < 4.78 is 1.57. The third kappa shape index (κ3) is 5.18. The van der Waals surface area contributed by atoms with E-state index >= 15 is 0 Å². The fraction of sp³-hybridized carbons (Fsp3) is 0.417. The number of aromatic nitrogens is 2. The normalized spacial score (nSPS) is 18.8. The van der Waals surface area contributed by atoms with Crippen LogP contribution < -0.4 is 10.9 Å². The van der Waals surface area contributed by atoms with Gasteiger partial charge in [0.05, 0.1) is 21.7 Å². The third-order valence-electron chi connectivity index (χ3n) is 5.85. The van der Waals surface area contributed by atoms with E-state index in [1.54, 1.807) is 22.0 Å². The Morgan fingerprint density at radius 2 is 1.97 bits per heavy atom. The number of carbonyl (C=O) groups is 2. The van der Waals surface area contributed by atoms with Crippen LogP contribution in [0.5, 0.6) is 0 Å². The van der Waals surface area contributed by atoms with Crippen LogP contribution in [0.15, 0.2) is 45.4 Å². The van der Waals surface area contributed by atoms with Gasteiger partial charge in [-0.2, -0.15) is 0 Å². The number of thioether (sulfide) groups is 2. The molecule has 2 aromatic heterocycles. The van der Waals surface area contributed by atoms with Crippen molar-refractivity contribution in [2.24, 2.45) is 0 Å². The minimum absolute atomic E-state index is 0.00359. The van der Waals surface area contributed by atoms with E-state index in [9.17, 15) is 19.5 Å². The number of hydrogen-bond donors (Lipinski definition) is 2. The van der Waals surface area contributed by atoms with E-state index in [1.807, 2.05) is 0 Å². The second-order valence-electron chi connectivity index (χ2n) is 8.25. The van der Waals surface area contributed by atoms with Crippen LogP contribution in [0.3, 0.4) is 0 Å². The molecule has 10 heteroatoms. The van der Waals surface area contributed by atoms with Gasteiger partial charge >= 0.3 is 5.97 Å². The second-order valence-corrected chi connectivity index (χ2v) is 11.4. The molecule has 0 fully saturated rings. The molecule has 0 saturated carbocycles. The molecule has 1 amide bonds. The molecule has 34 heavy (non-hydrogen) atoms. The number of fused-ring (bicyclic) bond motifs is 3. The number of nitrogens with zero attached hydrogens (tertiary/aromatic N) is 2. The largest absolute Gasteiger partial charge is 0.478 e. The van der Waals surface area contributed by atoms with Crippen molar-refractivity contribution >= 4 is 57.0 Å². The molecule has 1 aliphatic heterocycles. The van der Waals surface area contributed by atoms with Crippen LogP contribution >= 0.6 is 34.9 Å². The summed E-state index contributed by atoms with van der Waals surface area (Å²) in [4.78, 5) is 44.7. The van der Waals surface area contributed by atoms with E-state index in [2.05, 4.69) is 18.5 Å². The molecular formula is C24H27N3O4S3. The zero-order valence-corrected chi connectivity index (χ0v) is 21.3. The predicted molar refractivity (Wildman–Crippen MR) is 140 cm³/mol. The lowest BCUT2D eigenvalue weighted by Crippen LogP contribution is -2.28. The fourth-order valence-electron chi connectivity index (χ4n) is 4.23. The van der Waals surface area contributed by atoms with Crippen LogP contribution in [-0.4, -0.2) is 38.0 Å². The molecule has 0 atom stereocenters. The van der Waals surface area contributed by atoms with Gasteiger partial charge in [0, 0.05) is 11.4 Å². The van der Waals surface area contributed by atoms with Crippen molar-refractivity contribution in [3.8, 4) is 0 Å². The van der Waals surface area contributed by atoms with Gasteiger partial charge in [-0.15, -0.1) is 29.7 Å². The number of allylic oxidation sites excluding steroid dienone is 1. The Morgan fingerprint density at radius 1 is 1.21 bits per heavy atom. The Kier molecular flexibility index (Phi) is 8.00. The highest BCUT2D eigenvalue weighted by molar-refractivity contribution is 8.03. The Bertz CT molecular complexity index is 1260. The zero-order valence-electron chi connectivity index (χ0n) is 18.9. The number of amides is 1. The molecule has 7 nitrogen and oxygen atoms in total. The highest BCUT2D eigenvalue weighted by Crippen LogP contribution is 2.35. The lowest BCUT2D eigenvalue weighted by atomic mass is 9.97. The van der Waals surface area contributed by atoms with Crippen LogP contribution in [0.2, 0.25) is 0 Å². The maximum Gasteiger partial charge on any atom is 0.338 e. The number of carboxylic acid groups (broad SMARTS) is 1. The van der Waals surface area contributed by atoms with Crippen molar-refractivity contribution in [1.82, 2.24) is 14.9 Å². The smallest absolute Gasteiger partial charge is 0.338 e. The van der Waals surface area contributed by atoms with Crippen LogP contribution in [0.1, 0.15) is 42.5 Å². The van der Waals surface area contributed by atoms with E-state index < -0.39 is 5.97 Å². The molecule has 0 unspecified atom stereocenters. The highest BCUT2D eigenvalue weighted by atomic mass is 32.2. The van der Waals surface area contributed by atoms with Crippen LogP contribution in [0.4, 0.5) is 0 Å². The summed E-state index contributed by atoms with van der Waals surface area (Å²) in [7, 11) is 0. The maximum absolute atomic E-state index is 13.3. The van der Waals surface area contributed by atoms with Gasteiger partial charge in [-0.05, 0) is 61.8 Å². The van der Waals surface area contributed by atoms with E-state index in [1.165, 1.54) is 28.4 Å². The van der Waals surface area contributed by atoms with E-state index in [0.717, 1.165) is 54.7 Å². The van der Waals surface area contributed by atoms with Gasteiger partial charge in [-0.3, -0.25) is 14.2 Å². The molecule has 0 radical (unpaired) electrons. The second kappa shape index (κ2) is 11.0. The summed E-state index contributed by atoms with van der Waals surface area (Å²) in [5.74, 6) is -0.697. The van der Waals surface area contributed by atoms with Crippen molar-refractivity contribution in [2.45, 2.75) is 56.6 Å². The number of aryl methyl sites for hydroxylation is 2. The lowest BCUT2D eigenvalue weighted by molar-refractivity contribution is -0.132. The van der Waals surface area contributed by atoms with Crippen LogP contribution in [-0.2, 0) is 29.0 Å². The maximum atomic E-state index is 13.3. The summed E-state index contributed by atoms with van der Waals surface area (Å²) in [6, 6.07) is 0. The van der Waals surface area contributed by atoms with Crippen molar-refractivity contribution in [2.75, 3.05) is 11.5 Å². The first kappa shape index (κ1) is 24.8. The molecule has 4 rings (SSSR count). The van der Waals surface area contributed by atoms with Crippen molar-refractivity contribution in [1.29, 1.82) is 0 Å². The number of carbonyl (C=O) groups excluding carboxylic acids is 1. The number of rotatable bonds is 7. The number of aliphatic carboxylic acids is 1. The first-order valence-electron chi connectivity index (χ1n) is 11.3. The summed E-state index contributed by atoms with van der Waals surface area (Å²) in [6.07, 6.45) is 8.13. The zero-order chi connectivity index (χ0) is 24.2. The Balaban J connectivity index is 1.59. The quantitative estimate of drug-likeness (QED) is 0.317. The molecule has 0 spiro atoms. The molecule has 2 aliphatic rings. The summed E-state index contributed by atoms with van der Waals surface area (Å²) in [6.45, 7) is 7.98. The van der Waals surface area contributed by atoms with Crippen LogP contribution in [0.25, 0.3) is 10.2 Å². The number of carboxylic acids is 1. The SMILES string of the molecule is C=CCn1c(SCC(=O)N/C2=C(\C(=O)O)C(=C)CCCCS2)nc2sc3c(c2c1=O)CCCC3. The Labute approximate surface area is 210 Å². The van der Waals surface area contributed by atoms with Gasteiger partial charge < -0.3 is 10.4 Å². The predicted octanol–water partition coefficient (Wildman–Crippen LogP) is 4.50. The van der Waals surface area contributed by atoms with Gasteiger partial charge in [0.15, 0.2) is 5.16 Å². The summed E-state index contributed by atoms with van der Waals surface area (Å²) in [5.41, 5.74) is 1.65. The first-order chi connectivity index (χ1) is 16.4. The molecule has 0 aromatic carbocycles. The van der Waals surface area contributed by atoms with Crippen molar-refractivity contribution in [3.05, 3.63) is 56.2 Å². The highest BCUT2D eigenvalue weighted by Gasteiger charge is 2.24. The number of nitrogens with one attached hydrogen (secondary N) is 1. The molecule has 2 N–H and O–H groups in total. The minimum Gasteiger partial charge on any atom is -0.478 e. The van der Waals surface area contributed by atoms with Gasteiger partial charge in [0.2, 0.25) is 5.91 Å². The fourth-order valence-corrected chi connectivity index (χ4v) is 7.46. The number of hydrogen-bond acceptors (Lipinski definition) is 7.